The van der Waals surface area contributed by atoms with Crippen molar-refractivity contribution in [2.24, 2.45) is 0 Å². The van der Waals surface area contributed by atoms with Crippen LogP contribution in [-0.2, 0) is 27.3 Å². The van der Waals surface area contributed by atoms with Crippen LogP contribution in [0.5, 0.6) is 0 Å². The summed E-state index contributed by atoms with van der Waals surface area (Å²) in [5, 5.41) is 3.84. The zero-order valence-corrected chi connectivity index (χ0v) is 23.6. The first kappa shape index (κ1) is 27.5. The third-order valence-corrected chi connectivity index (χ3v) is 14.2. The Morgan fingerprint density at radius 3 is 2.06 bits per heavy atom. The van der Waals surface area contributed by atoms with Crippen LogP contribution in [0.3, 0.4) is 0 Å². The average Bonchev–Trinajstić information content (AvgIpc) is 3.20. The lowest BCUT2D eigenvalue weighted by Crippen LogP contribution is -2.51. The van der Waals surface area contributed by atoms with Gasteiger partial charge < -0.3 is 19.0 Å². The quantitative estimate of drug-likeness (QED) is 0.245. The molecule has 1 N–H and O–H groups in total. The van der Waals surface area contributed by atoms with Crippen molar-refractivity contribution < 1.29 is 19.1 Å². The monoisotopic (exact) mass is 508 g/mol. The van der Waals surface area contributed by atoms with E-state index < -0.39 is 26.3 Å². The Labute approximate surface area is 216 Å². The molecule has 0 aliphatic heterocycles. The maximum absolute atomic E-state index is 12.7. The minimum Gasteiger partial charge on any atom is -0.467 e. The molecule has 1 heterocycles. The Bertz CT molecular complexity index is 1150. The fourth-order valence-electron chi connectivity index (χ4n) is 6.03. The van der Waals surface area contributed by atoms with Crippen molar-refractivity contribution in [1.29, 1.82) is 0 Å². The van der Waals surface area contributed by atoms with Crippen molar-refractivity contribution >= 4 is 31.2 Å². The Morgan fingerprint density at radius 2 is 1.47 bits per heavy atom. The van der Waals surface area contributed by atoms with E-state index in [2.05, 4.69) is 75.5 Å². The van der Waals surface area contributed by atoms with E-state index >= 15 is 0 Å². The van der Waals surface area contributed by atoms with Gasteiger partial charge in [-0.05, 0) is 40.0 Å². The van der Waals surface area contributed by atoms with Gasteiger partial charge in [0.15, 0.2) is 8.24 Å². The SMILES string of the molecule is COC(=O)[C@H](Cc1cn([Si](C(C)C)(C(C)C)C(C)C)c2ccccc12)NC(=O)OCc1ccccc1. The molecule has 3 aromatic rings. The van der Waals surface area contributed by atoms with Crippen LogP contribution >= 0.6 is 0 Å². The number of hydrogen-bond donors (Lipinski definition) is 1. The number of carbonyl (C=O) groups is 2. The van der Waals surface area contributed by atoms with Crippen molar-refractivity contribution in [1.82, 2.24) is 9.55 Å². The minimum absolute atomic E-state index is 0.130. The molecule has 0 radical (unpaired) electrons. The Kier molecular flexibility index (Phi) is 9.01. The third kappa shape index (κ3) is 5.51. The van der Waals surface area contributed by atoms with Crippen LogP contribution in [0.4, 0.5) is 4.79 Å². The Balaban J connectivity index is 1.95. The zero-order chi connectivity index (χ0) is 26.5. The van der Waals surface area contributed by atoms with Gasteiger partial charge in [0.2, 0.25) is 0 Å². The predicted molar refractivity (Wildman–Crippen MR) is 148 cm³/mol. The van der Waals surface area contributed by atoms with Gasteiger partial charge in [-0.2, -0.15) is 0 Å². The van der Waals surface area contributed by atoms with Crippen LogP contribution in [0, 0.1) is 0 Å². The van der Waals surface area contributed by atoms with Crippen LogP contribution in [0.25, 0.3) is 10.9 Å². The lowest BCUT2D eigenvalue weighted by atomic mass is 10.1. The molecule has 0 aliphatic rings. The normalized spacial score (nSPS) is 12.8. The van der Waals surface area contributed by atoms with Crippen molar-refractivity contribution in [2.45, 2.75) is 77.2 Å². The highest BCUT2D eigenvalue weighted by Crippen LogP contribution is 2.45. The third-order valence-electron chi connectivity index (χ3n) is 7.40. The van der Waals surface area contributed by atoms with Crippen molar-refractivity contribution in [2.75, 3.05) is 7.11 Å². The molecule has 7 heteroatoms. The van der Waals surface area contributed by atoms with Gasteiger partial charge in [0, 0.05) is 17.3 Å². The Hall–Kier alpha value is -3.06. The second-order valence-corrected chi connectivity index (χ2v) is 16.1. The minimum atomic E-state index is -2.03. The molecule has 194 valence electrons. The van der Waals surface area contributed by atoms with Gasteiger partial charge in [-0.1, -0.05) is 90.1 Å². The molecule has 3 rings (SSSR count). The highest BCUT2D eigenvalue weighted by molar-refractivity contribution is 6.82. The lowest BCUT2D eigenvalue weighted by molar-refractivity contribution is -0.142. The zero-order valence-electron chi connectivity index (χ0n) is 22.6. The number of aromatic nitrogens is 1. The summed E-state index contributed by atoms with van der Waals surface area (Å²) < 4.78 is 13.0. The smallest absolute Gasteiger partial charge is 0.408 e. The van der Waals surface area contributed by atoms with E-state index in [9.17, 15) is 9.59 Å². The van der Waals surface area contributed by atoms with E-state index in [4.69, 9.17) is 9.47 Å². The number of fused-ring (bicyclic) bond motifs is 1. The summed E-state index contributed by atoms with van der Waals surface area (Å²) in [6, 6.07) is 17.0. The van der Waals surface area contributed by atoms with Crippen LogP contribution < -0.4 is 5.32 Å². The van der Waals surface area contributed by atoms with Gasteiger partial charge in [0.05, 0.1) is 7.11 Å². The van der Waals surface area contributed by atoms with Gasteiger partial charge in [-0.3, -0.25) is 0 Å². The van der Waals surface area contributed by atoms with Gasteiger partial charge in [0.1, 0.15) is 12.6 Å². The fourth-order valence-corrected chi connectivity index (χ4v) is 12.7. The molecule has 1 amide bonds. The molecule has 1 aromatic heterocycles. The molecule has 2 aromatic carbocycles. The molecule has 0 unspecified atom stereocenters. The standard InChI is InChI=1S/C29H40N2O4Si/c1-20(2)36(21(3)4,22(5)6)31-18-24(25-15-11-12-16-27(25)31)17-26(28(32)34-7)30-29(33)35-19-23-13-9-8-10-14-23/h8-16,18,20-22,26H,17,19H2,1-7H3,(H,30,33)/t26-/m0/s1. The summed E-state index contributed by atoms with van der Waals surface area (Å²) in [4.78, 5) is 25.3. The summed E-state index contributed by atoms with van der Waals surface area (Å²) in [6.45, 7) is 14.1. The number of alkyl carbamates (subject to hydrolysis) is 1. The summed E-state index contributed by atoms with van der Waals surface area (Å²) in [6.07, 6.45) is 1.90. The molecule has 0 bridgehead atoms. The maximum atomic E-state index is 12.7. The second kappa shape index (κ2) is 11.8. The number of nitrogens with zero attached hydrogens (tertiary/aromatic N) is 1. The summed E-state index contributed by atoms with van der Waals surface area (Å²) in [5.74, 6) is -0.497. The number of ether oxygens (including phenoxy) is 2. The molecule has 0 saturated heterocycles. The van der Waals surface area contributed by atoms with Crippen molar-refractivity contribution in [3.8, 4) is 0 Å². The van der Waals surface area contributed by atoms with E-state index in [0.717, 1.165) is 16.5 Å². The molecule has 0 spiro atoms. The van der Waals surface area contributed by atoms with Crippen molar-refractivity contribution in [3.05, 3.63) is 71.9 Å². The molecule has 0 fully saturated rings. The van der Waals surface area contributed by atoms with E-state index in [1.165, 1.54) is 12.6 Å². The first-order valence-electron chi connectivity index (χ1n) is 12.8. The van der Waals surface area contributed by atoms with Gasteiger partial charge >= 0.3 is 12.1 Å². The molecular formula is C29H40N2O4Si. The summed E-state index contributed by atoms with van der Waals surface area (Å²) in [5.41, 5.74) is 4.63. The van der Waals surface area contributed by atoms with Gasteiger partial charge in [0.25, 0.3) is 0 Å². The van der Waals surface area contributed by atoms with Crippen LogP contribution in [0.1, 0.15) is 52.7 Å². The van der Waals surface area contributed by atoms with E-state index in [0.29, 0.717) is 23.0 Å². The molecule has 0 aliphatic carbocycles. The average molecular weight is 509 g/mol. The number of methoxy groups -OCH3 is 1. The van der Waals surface area contributed by atoms with Crippen LogP contribution in [0.2, 0.25) is 16.6 Å². The first-order valence-corrected chi connectivity index (χ1v) is 14.9. The van der Waals surface area contributed by atoms with E-state index in [-0.39, 0.29) is 6.61 Å². The molecule has 6 nitrogen and oxygen atoms in total. The van der Waals surface area contributed by atoms with Gasteiger partial charge in [-0.15, -0.1) is 0 Å². The number of carbonyl (C=O) groups excluding carboxylic acids is 2. The number of amides is 1. The largest absolute Gasteiger partial charge is 0.467 e. The highest BCUT2D eigenvalue weighted by atomic mass is 28.3. The number of hydrogen-bond acceptors (Lipinski definition) is 4. The van der Waals surface area contributed by atoms with E-state index in [1.54, 1.807) is 0 Å². The van der Waals surface area contributed by atoms with Crippen molar-refractivity contribution in [3.63, 3.8) is 0 Å². The lowest BCUT2D eigenvalue weighted by Gasteiger charge is -2.44. The number of nitrogens with one attached hydrogen (secondary N) is 1. The number of benzene rings is 2. The van der Waals surface area contributed by atoms with Gasteiger partial charge in [-0.25, -0.2) is 9.59 Å². The topological polar surface area (TPSA) is 69.6 Å². The second-order valence-electron chi connectivity index (χ2n) is 10.4. The summed E-state index contributed by atoms with van der Waals surface area (Å²) in [7, 11) is -0.690. The molecule has 36 heavy (non-hydrogen) atoms. The predicted octanol–water partition coefficient (Wildman–Crippen LogP) is 6.68. The van der Waals surface area contributed by atoms with Crippen LogP contribution in [-0.4, -0.2) is 37.7 Å². The van der Waals surface area contributed by atoms with E-state index in [1.807, 2.05) is 36.4 Å². The number of esters is 1. The summed E-state index contributed by atoms with van der Waals surface area (Å²) >= 11 is 0. The first-order chi connectivity index (χ1) is 17.1. The Morgan fingerprint density at radius 1 is 0.889 bits per heavy atom. The van der Waals surface area contributed by atoms with Crippen LogP contribution in [0.15, 0.2) is 60.8 Å². The molecule has 0 saturated carbocycles. The number of para-hydroxylation sites is 1. The fraction of sp³-hybridized carbons (Fsp3) is 0.448. The molecular weight excluding hydrogens is 468 g/mol. The molecule has 1 atom stereocenters. The maximum Gasteiger partial charge on any atom is 0.408 e. The number of rotatable bonds is 10. The highest BCUT2D eigenvalue weighted by Gasteiger charge is 2.46.